The quantitative estimate of drug-likeness (QED) is 0.657. The van der Waals surface area contributed by atoms with Gasteiger partial charge >= 0.3 is 5.97 Å². The first-order chi connectivity index (χ1) is 7.24. The first kappa shape index (κ1) is 10.9. The van der Waals surface area contributed by atoms with Gasteiger partial charge in [-0.1, -0.05) is 6.92 Å². The van der Waals surface area contributed by atoms with Crippen molar-refractivity contribution in [3.05, 3.63) is 0 Å². The Morgan fingerprint density at radius 2 is 2.27 bits per heavy atom. The van der Waals surface area contributed by atoms with Crippen molar-refractivity contribution in [1.82, 2.24) is 0 Å². The zero-order chi connectivity index (χ0) is 10.8. The van der Waals surface area contributed by atoms with Crippen LogP contribution in [0.4, 0.5) is 0 Å². The Hall–Kier alpha value is -0.570. The van der Waals surface area contributed by atoms with Crippen LogP contribution >= 0.6 is 0 Å². The van der Waals surface area contributed by atoms with Gasteiger partial charge < -0.3 is 9.47 Å². The molecular weight excluding hydrogens is 192 g/mol. The highest BCUT2D eigenvalue weighted by Crippen LogP contribution is 2.42. The van der Waals surface area contributed by atoms with Crippen molar-refractivity contribution in [2.75, 3.05) is 13.2 Å². The van der Waals surface area contributed by atoms with Gasteiger partial charge in [0.05, 0.1) is 18.6 Å². The van der Waals surface area contributed by atoms with E-state index in [0.29, 0.717) is 24.5 Å². The second-order valence-corrected chi connectivity index (χ2v) is 4.72. The monoisotopic (exact) mass is 212 g/mol. The molecule has 2 fully saturated rings. The number of hydrogen-bond donors (Lipinski definition) is 0. The molecule has 15 heavy (non-hydrogen) atoms. The minimum atomic E-state index is -0.00968. The van der Waals surface area contributed by atoms with Gasteiger partial charge in [-0.05, 0) is 32.1 Å². The lowest BCUT2D eigenvalue weighted by molar-refractivity contribution is -0.153. The Labute approximate surface area is 91.1 Å². The standard InChI is InChI=1S/C12H20O3/c1-3-14-12(13)9-5-4-6-10-11(9)8(2)7-15-10/h8-11H,3-7H2,1-2H3/t8-,9-,10+,11-/m1/s1. The van der Waals surface area contributed by atoms with E-state index >= 15 is 0 Å². The van der Waals surface area contributed by atoms with Crippen LogP contribution in [0.5, 0.6) is 0 Å². The van der Waals surface area contributed by atoms with Crippen LogP contribution < -0.4 is 0 Å². The summed E-state index contributed by atoms with van der Waals surface area (Å²) < 4.78 is 10.9. The number of fused-ring (bicyclic) bond motifs is 1. The van der Waals surface area contributed by atoms with E-state index in [9.17, 15) is 4.79 Å². The third-order valence-electron chi connectivity index (χ3n) is 3.72. The zero-order valence-corrected chi connectivity index (χ0v) is 9.57. The molecular formula is C12H20O3. The minimum Gasteiger partial charge on any atom is -0.466 e. The molecule has 0 aromatic rings. The van der Waals surface area contributed by atoms with Crippen molar-refractivity contribution in [3.63, 3.8) is 0 Å². The molecule has 0 aromatic heterocycles. The van der Waals surface area contributed by atoms with Crippen molar-refractivity contribution in [2.24, 2.45) is 17.8 Å². The Morgan fingerprint density at radius 1 is 1.47 bits per heavy atom. The third-order valence-corrected chi connectivity index (χ3v) is 3.72. The SMILES string of the molecule is CCOC(=O)[C@@H]1CCC[C@@H]2OC[C@@H](C)[C@@H]21. The molecule has 3 heteroatoms. The fourth-order valence-corrected chi connectivity index (χ4v) is 3.05. The summed E-state index contributed by atoms with van der Waals surface area (Å²) >= 11 is 0. The summed E-state index contributed by atoms with van der Waals surface area (Å²) in [5.74, 6) is 0.980. The molecule has 1 heterocycles. The number of carbonyl (C=O) groups is 1. The van der Waals surface area contributed by atoms with Crippen LogP contribution in [0, 0.1) is 17.8 Å². The number of rotatable bonds is 2. The molecule has 0 amide bonds. The maximum atomic E-state index is 11.8. The molecule has 1 saturated heterocycles. The molecule has 0 unspecified atom stereocenters. The van der Waals surface area contributed by atoms with Gasteiger partial charge in [0.15, 0.2) is 0 Å². The molecule has 86 valence electrons. The molecule has 1 aliphatic heterocycles. The number of ether oxygens (including phenoxy) is 2. The van der Waals surface area contributed by atoms with Crippen molar-refractivity contribution in [2.45, 2.75) is 39.2 Å². The Morgan fingerprint density at radius 3 is 3.00 bits per heavy atom. The van der Waals surface area contributed by atoms with E-state index in [1.807, 2.05) is 6.92 Å². The molecule has 0 bridgehead atoms. The minimum absolute atomic E-state index is 0.00968. The zero-order valence-electron chi connectivity index (χ0n) is 9.57. The van der Waals surface area contributed by atoms with Crippen LogP contribution in [-0.2, 0) is 14.3 Å². The lowest BCUT2D eigenvalue weighted by atomic mass is 9.73. The second-order valence-electron chi connectivity index (χ2n) is 4.72. The highest BCUT2D eigenvalue weighted by molar-refractivity contribution is 5.73. The lowest BCUT2D eigenvalue weighted by Gasteiger charge is -2.32. The van der Waals surface area contributed by atoms with Gasteiger partial charge in [-0.3, -0.25) is 4.79 Å². The van der Waals surface area contributed by atoms with Crippen molar-refractivity contribution in [1.29, 1.82) is 0 Å². The summed E-state index contributed by atoms with van der Waals surface area (Å²) in [6.07, 6.45) is 3.50. The Bertz CT molecular complexity index is 237. The molecule has 4 atom stereocenters. The predicted octanol–water partition coefficient (Wildman–Crippen LogP) is 2.00. The smallest absolute Gasteiger partial charge is 0.309 e. The van der Waals surface area contributed by atoms with E-state index in [2.05, 4.69) is 6.92 Å². The predicted molar refractivity (Wildman–Crippen MR) is 56.4 cm³/mol. The van der Waals surface area contributed by atoms with Crippen LogP contribution in [0.15, 0.2) is 0 Å². The summed E-state index contributed by atoms with van der Waals surface area (Å²) in [6, 6.07) is 0. The summed E-state index contributed by atoms with van der Waals surface area (Å²) in [7, 11) is 0. The van der Waals surface area contributed by atoms with Crippen LogP contribution in [0.3, 0.4) is 0 Å². The average Bonchev–Trinajstić information content (AvgIpc) is 2.61. The van der Waals surface area contributed by atoms with Gasteiger partial charge in [-0.2, -0.15) is 0 Å². The summed E-state index contributed by atoms with van der Waals surface area (Å²) in [5, 5.41) is 0. The van der Waals surface area contributed by atoms with Crippen molar-refractivity contribution >= 4 is 5.97 Å². The Balaban J connectivity index is 2.06. The molecule has 0 aromatic carbocycles. The van der Waals surface area contributed by atoms with E-state index in [0.717, 1.165) is 25.9 Å². The molecule has 2 rings (SSSR count). The number of esters is 1. The summed E-state index contributed by atoms with van der Waals surface area (Å²) in [4.78, 5) is 11.8. The second kappa shape index (κ2) is 4.52. The molecule has 1 saturated carbocycles. The fraction of sp³-hybridized carbons (Fsp3) is 0.917. The van der Waals surface area contributed by atoms with E-state index in [-0.39, 0.29) is 11.9 Å². The summed E-state index contributed by atoms with van der Waals surface area (Å²) in [6.45, 7) is 5.35. The Kier molecular flexibility index (Phi) is 3.29. The van der Waals surface area contributed by atoms with Gasteiger partial charge in [0.25, 0.3) is 0 Å². The van der Waals surface area contributed by atoms with Gasteiger partial charge in [-0.15, -0.1) is 0 Å². The normalized spacial score (nSPS) is 39.9. The number of hydrogen-bond acceptors (Lipinski definition) is 3. The maximum absolute atomic E-state index is 11.8. The topological polar surface area (TPSA) is 35.5 Å². The maximum Gasteiger partial charge on any atom is 0.309 e. The van der Waals surface area contributed by atoms with Crippen molar-refractivity contribution < 1.29 is 14.3 Å². The van der Waals surface area contributed by atoms with Gasteiger partial charge in [-0.25, -0.2) is 0 Å². The average molecular weight is 212 g/mol. The molecule has 0 spiro atoms. The first-order valence-electron chi connectivity index (χ1n) is 6.02. The molecule has 0 N–H and O–H groups in total. The van der Waals surface area contributed by atoms with Crippen LogP contribution in [0.1, 0.15) is 33.1 Å². The van der Waals surface area contributed by atoms with E-state index < -0.39 is 0 Å². The number of carbonyl (C=O) groups excluding carboxylic acids is 1. The van der Waals surface area contributed by atoms with Gasteiger partial charge in [0, 0.05) is 12.5 Å². The highest BCUT2D eigenvalue weighted by atomic mass is 16.5. The van der Waals surface area contributed by atoms with Crippen LogP contribution in [-0.4, -0.2) is 25.3 Å². The lowest BCUT2D eigenvalue weighted by Crippen LogP contribution is -2.37. The largest absolute Gasteiger partial charge is 0.466 e. The van der Waals surface area contributed by atoms with E-state index in [4.69, 9.17) is 9.47 Å². The molecule has 2 aliphatic rings. The molecule has 3 nitrogen and oxygen atoms in total. The fourth-order valence-electron chi connectivity index (χ4n) is 3.05. The van der Waals surface area contributed by atoms with Crippen LogP contribution in [0.2, 0.25) is 0 Å². The highest BCUT2D eigenvalue weighted by Gasteiger charge is 2.45. The van der Waals surface area contributed by atoms with E-state index in [1.54, 1.807) is 0 Å². The van der Waals surface area contributed by atoms with Gasteiger partial charge in [0.2, 0.25) is 0 Å². The van der Waals surface area contributed by atoms with Crippen molar-refractivity contribution in [3.8, 4) is 0 Å². The van der Waals surface area contributed by atoms with Crippen LogP contribution in [0.25, 0.3) is 0 Å². The summed E-state index contributed by atoms with van der Waals surface area (Å²) in [5.41, 5.74) is 0. The molecule has 0 radical (unpaired) electrons. The first-order valence-corrected chi connectivity index (χ1v) is 6.02. The molecule has 1 aliphatic carbocycles. The van der Waals surface area contributed by atoms with Gasteiger partial charge in [0.1, 0.15) is 0 Å². The van der Waals surface area contributed by atoms with E-state index in [1.165, 1.54) is 0 Å². The third kappa shape index (κ3) is 2.03.